The van der Waals surface area contributed by atoms with Crippen LogP contribution in [0.25, 0.3) is 10.9 Å². The predicted molar refractivity (Wildman–Crippen MR) is 164 cm³/mol. The predicted octanol–water partition coefficient (Wildman–Crippen LogP) is 10.1. The fourth-order valence-electron chi connectivity index (χ4n) is 5.68. The molecule has 216 valence electrons. The number of benzene rings is 1. The van der Waals surface area contributed by atoms with Crippen molar-refractivity contribution in [2.24, 2.45) is 5.73 Å². The van der Waals surface area contributed by atoms with Crippen LogP contribution in [0.5, 0.6) is 5.75 Å². The van der Waals surface area contributed by atoms with Gasteiger partial charge in [-0.2, -0.15) is 0 Å². The molecule has 4 heteroatoms. The zero-order chi connectivity index (χ0) is 27.3. The van der Waals surface area contributed by atoms with Crippen molar-refractivity contribution >= 4 is 16.8 Å². The van der Waals surface area contributed by atoms with E-state index in [1.54, 1.807) is 16.7 Å². The molecular formula is C34H58N2O2. The van der Waals surface area contributed by atoms with E-state index in [0.29, 0.717) is 19.4 Å². The SMILES string of the molecule is CCCCCCCCCCCCCCCCCCCCCCCC(=O)n1cc(CCN)c2cc(O)ccc21. The topological polar surface area (TPSA) is 68.2 Å². The van der Waals surface area contributed by atoms with Gasteiger partial charge in [-0.25, -0.2) is 0 Å². The molecule has 0 aliphatic carbocycles. The van der Waals surface area contributed by atoms with Crippen molar-refractivity contribution in [2.75, 3.05) is 6.54 Å². The van der Waals surface area contributed by atoms with Crippen LogP contribution in [0.1, 0.15) is 159 Å². The molecular weight excluding hydrogens is 468 g/mol. The summed E-state index contributed by atoms with van der Waals surface area (Å²) in [7, 11) is 0. The van der Waals surface area contributed by atoms with E-state index in [2.05, 4.69) is 6.92 Å². The molecule has 3 N–H and O–H groups in total. The molecule has 0 radical (unpaired) electrons. The van der Waals surface area contributed by atoms with E-state index in [0.717, 1.165) is 29.3 Å². The summed E-state index contributed by atoms with van der Waals surface area (Å²) in [6.45, 7) is 2.82. The van der Waals surface area contributed by atoms with Crippen LogP contribution >= 0.6 is 0 Å². The zero-order valence-corrected chi connectivity index (χ0v) is 24.7. The highest BCUT2D eigenvalue weighted by molar-refractivity contribution is 5.95. The molecule has 4 nitrogen and oxygen atoms in total. The molecule has 1 heterocycles. The van der Waals surface area contributed by atoms with Gasteiger partial charge >= 0.3 is 0 Å². The molecule has 0 saturated carbocycles. The number of rotatable bonds is 24. The molecule has 0 spiro atoms. The molecule has 38 heavy (non-hydrogen) atoms. The van der Waals surface area contributed by atoms with Crippen molar-refractivity contribution in [3.63, 3.8) is 0 Å². The third-order valence-electron chi connectivity index (χ3n) is 8.05. The number of fused-ring (bicyclic) bond motifs is 1. The second kappa shape index (κ2) is 21.1. The van der Waals surface area contributed by atoms with Crippen molar-refractivity contribution in [1.82, 2.24) is 4.57 Å². The highest BCUT2D eigenvalue weighted by Crippen LogP contribution is 2.26. The van der Waals surface area contributed by atoms with Crippen molar-refractivity contribution in [2.45, 2.75) is 155 Å². The van der Waals surface area contributed by atoms with E-state index in [-0.39, 0.29) is 11.7 Å². The Kier molecular flexibility index (Phi) is 18.0. The van der Waals surface area contributed by atoms with E-state index in [4.69, 9.17) is 5.73 Å². The van der Waals surface area contributed by atoms with Crippen LogP contribution in [0, 0.1) is 0 Å². The fraction of sp³-hybridized carbons (Fsp3) is 0.735. The van der Waals surface area contributed by atoms with Gasteiger partial charge in [0.25, 0.3) is 0 Å². The molecule has 0 aliphatic rings. The van der Waals surface area contributed by atoms with Gasteiger partial charge in [-0.05, 0) is 43.1 Å². The highest BCUT2D eigenvalue weighted by Gasteiger charge is 2.13. The number of nitrogens with two attached hydrogens (primary N) is 1. The summed E-state index contributed by atoms with van der Waals surface area (Å²) >= 11 is 0. The molecule has 0 atom stereocenters. The molecule has 0 unspecified atom stereocenters. The van der Waals surface area contributed by atoms with Crippen LogP contribution in [0.2, 0.25) is 0 Å². The number of phenols is 1. The number of hydrogen-bond acceptors (Lipinski definition) is 3. The maximum atomic E-state index is 12.8. The van der Waals surface area contributed by atoms with Gasteiger partial charge in [0.1, 0.15) is 5.75 Å². The minimum Gasteiger partial charge on any atom is -0.508 e. The number of phenolic OH excluding ortho intramolecular Hbond substituents is 1. The number of aromatic nitrogens is 1. The quantitative estimate of drug-likeness (QED) is 0.134. The summed E-state index contributed by atoms with van der Waals surface area (Å²) < 4.78 is 1.76. The van der Waals surface area contributed by atoms with Gasteiger partial charge in [0.05, 0.1) is 5.52 Å². The van der Waals surface area contributed by atoms with E-state index >= 15 is 0 Å². The molecule has 0 bridgehead atoms. The second-order valence-electron chi connectivity index (χ2n) is 11.5. The summed E-state index contributed by atoms with van der Waals surface area (Å²) in [6, 6.07) is 5.22. The first-order valence-electron chi connectivity index (χ1n) is 16.2. The van der Waals surface area contributed by atoms with Crippen LogP contribution in [-0.2, 0) is 6.42 Å². The first-order valence-corrected chi connectivity index (χ1v) is 16.2. The minimum atomic E-state index is 0.141. The standard InChI is InChI=1S/C34H58N2O2/c1-2-3-4-5-6-7-8-9-10-11-12-13-14-15-16-17-18-19-20-21-22-23-34(38)36-29-30(26-27-35)32-28-31(37)24-25-33(32)36/h24-25,28-29,37H,2-23,26-27,35H2,1H3. The lowest BCUT2D eigenvalue weighted by atomic mass is 10.0. The summed E-state index contributed by atoms with van der Waals surface area (Å²) in [6.07, 6.45) is 31.9. The fourth-order valence-corrected chi connectivity index (χ4v) is 5.68. The Morgan fingerprint density at radius 1 is 0.711 bits per heavy atom. The summed E-state index contributed by atoms with van der Waals surface area (Å²) in [4.78, 5) is 12.8. The molecule has 0 aliphatic heterocycles. The van der Waals surface area contributed by atoms with Crippen molar-refractivity contribution in [1.29, 1.82) is 0 Å². The smallest absolute Gasteiger partial charge is 0.231 e. The van der Waals surface area contributed by atoms with Gasteiger partial charge in [-0.1, -0.05) is 135 Å². The summed E-state index contributed by atoms with van der Waals surface area (Å²) in [5.74, 6) is 0.368. The number of carbonyl (C=O) groups excluding carboxylic acids is 1. The first kappa shape index (κ1) is 32.4. The van der Waals surface area contributed by atoms with Crippen LogP contribution in [0.3, 0.4) is 0 Å². The third kappa shape index (κ3) is 13.3. The molecule has 1 aromatic carbocycles. The molecule has 0 amide bonds. The van der Waals surface area contributed by atoms with Gasteiger partial charge in [0.15, 0.2) is 0 Å². The van der Waals surface area contributed by atoms with Crippen molar-refractivity contribution in [3.8, 4) is 5.75 Å². The second-order valence-corrected chi connectivity index (χ2v) is 11.5. The van der Waals surface area contributed by atoms with Gasteiger partial charge in [0, 0.05) is 18.0 Å². The number of aromatic hydroxyl groups is 1. The van der Waals surface area contributed by atoms with Crippen LogP contribution in [0.15, 0.2) is 24.4 Å². The van der Waals surface area contributed by atoms with Gasteiger partial charge in [-0.15, -0.1) is 0 Å². The lowest BCUT2D eigenvalue weighted by molar-refractivity contribution is 0.0904. The molecule has 1 aromatic heterocycles. The summed E-state index contributed by atoms with van der Waals surface area (Å²) in [5, 5.41) is 10.8. The third-order valence-corrected chi connectivity index (χ3v) is 8.05. The molecule has 2 rings (SSSR count). The molecule has 0 saturated heterocycles. The Morgan fingerprint density at radius 2 is 1.16 bits per heavy atom. The zero-order valence-electron chi connectivity index (χ0n) is 24.7. The van der Waals surface area contributed by atoms with Gasteiger partial charge in [-0.3, -0.25) is 9.36 Å². The average molecular weight is 527 g/mol. The number of hydrogen-bond donors (Lipinski definition) is 2. The lowest BCUT2D eigenvalue weighted by Crippen LogP contribution is -2.09. The maximum Gasteiger partial charge on any atom is 0.231 e. The van der Waals surface area contributed by atoms with Crippen LogP contribution in [0.4, 0.5) is 0 Å². The Labute approximate surface area is 233 Å². The maximum absolute atomic E-state index is 12.8. The van der Waals surface area contributed by atoms with Gasteiger partial charge in [0.2, 0.25) is 5.91 Å². The Bertz CT molecular complexity index is 873. The van der Waals surface area contributed by atoms with E-state index in [9.17, 15) is 9.90 Å². The summed E-state index contributed by atoms with van der Waals surface area (Å²) in [5.41, 5.74) is 7.65. The monoisotopic (exact) mass is 526 g/mol. The van der Waals surface area contributed by atoms with Crippen molar-refractivity contribution in [3.05, 3.63) is 30.0 Å². The average Bonchev–Trinajstić information content (AvgIpc) is 3.27. The Balaban J connectivity index is 1.39. The Morgan fingerprint density at radius 3 is 1.61 bits per heavy atom. The van der Waals surface area contributed by atoms with E-state index in [1.165, 1.54) is 122 Å². The molecule has 2 aromatic rings. The lowest BCUT2D eigenvalue weighted by Gasteiger charge is -2.05. The molecule has 0 fully saturated rings. The largest absolute Gasteiger partial charge is 0.508 e. The number of nitrogens with zero attached hydrogens (tertiary/aromatic N) is 1. The number of unbranched alkanes of at least 4 members (excludes halogenated alkanes) is 20. The highest BCUT2D eigenvalue weighted by atomic mass is 16.3. The minimum absolute atomic E-state index is 0.141. The van der Waals surface area contributed by atoms with Crippen LogP contribution in [-0.4, -0.2) is 22.1 Å². The first-order chi connectivity index (χ1) is 18.7. The van der Waals surface area contributed by atoms with E-state index in [1.807, 2.05) is 12.3 Å². The normalized spacial score (nSPS) is 11.5. The van der Waals surface area contributed by atoms with Gasteiger partial charge < -0.3 is 10.8 Å². The van der Waals surface area contributed by atoms with Crippen molar-refractivity contribution < 1.29 is 9.90 Å². The Hall–Kier alpha value is -1.81. The van der Waals surface area contributed by atoms with E-state index < -0.39 is 0 Å². The number of carbonyl (C=O) groups is 1. The van der Waals surface area contributed by atoms with Crippen LogP contribution < -0.4 is 5.73 Å².